The molecule has 1 fully saturated rings. The summed E-state index contributed by atoms with van der Waals surface area (Å²) in [7, 11) is 0. The number of anilines is 2. The van der Waals surface area contributed by atoms with Crippen LogP contribution in [0.25, 0.3) is 0 Å². The number of aryl methyl sites for hydroxylation is 1. The topological polar surface area (TPSA) is 81.8 Å². The van der Waals surface area contributed by atoms with E-state index in [-0.39, 0.29) is 17.4 Å². The third kappa shape index (κ3) is 4.59. The highest BCUT2D eigenvalue weighted by atomic mass is 19.1. The van der Waals surface area contributed by atoms with Gasteiger partial charge in [0.15, 0.2) is 0 Å². The maximum absolute atomic E-state index is 14.4. The number of amides is 3. The normalized spacial score (nSPS) is 16.5. The zero-order valence-electron chi connectivity index (χ0n) is 17.4. The first-order valence-electron chi connectivity index (χ1n) is 10.5. The average Bonchev–Trinajstić information content (AvgIpc) is 2.78. The second-order valence-electron chi connectivity index (χ2n) is 7.80. The van der Waals surface area contributed by atoms with E-state index in [0.29, 0.717) is 42.9 Å². The van der Waals surface area contributed by atoms with Gasteiger partial charge in [-0.2, -0.15) is 0 Å². The lowest BCUT2D eigenvalue weighted by atomic mass is 9.99. The highest BCUT2D eigenvalue weighted by Gasteiger charge is 2.22. The van der Waals surface area contributed by atoms with Crippen molar-refractivity contribution in [2.75, 3.05) is 43.4 Å². The number of benzene rings is 2. The third-order valence-electron chi connectivity index (χ3n) is 5.83. The quantitative estimate of drug-likeness (QED) is 0.791. The lowest BCUT2D eigenvalue weighted by Crippen LogP contribution is -2.48. The summed E-state index contributed by atoms with van der Waals surface area (Å²) in [6.45, 7) is 6.22. The molecule has 162 valence electrons. The van der Waals surface area contributed by atoms with Crippen molar-refractivity contribution in [2.45, 2.75) is 19.8 Å². The third-order valence-corrected chi connectivity index (χ3v) is 5.83. The lowest BCUT2D eigenvalue weighted by molar-refractivity contribution is -0.116. The largest absolute Gasteiger partial charge is 0.336 e. The molecule has 0 aromatic heterocycles. The van der Waals surface area contributed by atoms with E-state index < -0.39 is 11.7 Å². The Bertz CT molecular complexity index is 1010. The lowest BCUT2D eigenvalue weighted by Gasteiger charge is -2.34. The number of hydrogen-bond acceptors (Lipinski definition) is 4. The molecule has 0 unspecified atom stereocenters. The predicted octanol–water partition coefficient (Wildman–Crippen LogP) is 2.74. The van der Waals surface area contributed by atoms with Crippen molar-refractivity contribution in [3.05, 3.63) is 58.9 Å². The van der Waals surface area contributed by atoms with Crippen molar-refractivity contribution < 1.29 is 18.8 Å². The van der Waals surface area contributed by atoms with Crippen molar-refractivity contribution in [1.82, 2.24) is 9.80 Å². The molecular formula is C23H25FN4O3. The molecule has 0 spiro atoms. The highest BCUT2D eigenvalue weighted by molar-refractivity contribution is 6.06. The Labute approximate surface area is 180 Å². The van der Waals surface area contributed by atoms with E-state index in [4.69, 9.17) is 0 Å². The maximum atomic E-state index is 14.4. The van der Waals surface area contributed by atoms with Gasteiger partial charge in [-0.05, 0) is 54.9 Å². The van der Waals surface area contributed by atoms with Gasteiger partial charge in [0.25, 0.3) is 11.8 Å². The van der Waals surface area contributed by atoms with E-state index in [9.17, 15) is 18.8 Å². The second-order valence-corrected chi connectivity index (χ2v) is 7.80. The van der Waals surface area contributed by atoms with Gasteiger partial charge in [0.05, 0.1) is 5.56 Å². The zero-order chi connectivity index (χ0) is 22.0. The van der Waals surface area contributed by atoms with E-state index in [1.165, 1.54) is 12.1 Å². The summed E-state index contributed by atoms with van der Waals surface area (Å²) in [4.78, 5) is 40.9. The van der Waals surface area contributed by atoms with Gasteiger partial charge in [0, 0.05) is 49.5 Å². The number of nitrogens with one attached hydrogen (secondary N) is 2. The van der Waals surface area contributed by atoms with Gasteiger partial charge in [0.1, 0.15) is 5.82 Å². The Kier molecular flexibility index (Phi) is 5.99. The summed E-state index contributed by atoms with van der Waals surface area (Å²) in [5, 5.41) is 5.29. The standard InChI is InChI=1S/C23H25FN4O3/c1-2-27-9-11-28(12-10-27)23(31)15-3-6-17(7-4-15)25-22(30)18-13-16-5-8-21(29)26-20(16)14-19(18)24/h3-4,6-7,13-14H,2,5,8-12H2,1H3,(H,25,30)(H,26,29). The summed E-state index contributed by atoms with van der Waals surface area (Å²) in [5.74, 6) is -1.47. The number of hydrogen-bond donors (Lipinski definition) is 2. The molecule has 2 aliphatic rings. The minimum Gasteiger partial charge on any atom is -0.336 e. The number of rotatable bonds is 4. The van der Waals surface area contributed by atoms with Gasteiger partial charge in [-0.1, -0.05) is 6.92 Å². The van der Waals surface area contributed by atoms with Crippen LogP contribution in [-0.2, 0) is 11.2 Å². The molecule has 1 saturated heterocycles. The van der Waals surface area contributed by atoms with Crippen LogP contribution < -0.4 is 10.6 Å². The fourth-order valence-electron chi connectivity index (χ4n) is 3.92. The van der Waals surface area contributed by atoms with Crippen molar-refractivity contribution in [2.24, 2.45) is 0 Å². The smallest absolute Gasteiger partial charge is 0.258 e. The molecule has 2 aliphatic heterocycles. The summed E-state index contributed by atoms with van der Waals surface area (Å²) in [6.07, 6.45) is 0.772. The van der Waals surface area contributed by atoms with Crippen LogP contribution in [0.1, 0.15) is 39.6 Å². The van der Waals surface area contributed by atoms with Crippen molar-refractivity contribution >= 4 is 29.1 Å². The van der Waals surface area contributed by atoms with Gasteiger partial charge < -0.3 is 20.4 Å². The summed E-state index contributed by atoms with van der Waals surface area (Å²) < 4.78 is 14.4. The molecule has 2 N–H and O–H groups in total. The molecule has 0 aliphatic carbocycles. The Hall–Kier alpha value is -3.26. The number of halogens is 1. The molecule has 2 aromatic carbocycles. The van der Waals surface area contributed by atoms with E-state index >= 15 is 0 Å². The number of carbonyl (C=O) groups is 3. The van der Waals surface area contributed by atoms with Gasteiger partial charge >= 0.3 is 0 Å². The molecule has 0 atom stereocenters. The van der Waals surface area contributed by atoms with E-state index in [0.717, 1.165) is 25.2 Å². The van der Waals surface area contributed by atoms with Crippen molar-refractivity contribution in [1.29, 1.82) is 0 Å². The zero-order valence-corrected chi connectivity index (χ0v) is 17.4. The van der Waals surface area contributed by atoms with Crippen molar-refractivity contribution in [3.63, 3.8) is 0 Å². The SMILES string of the molecule is CCN1CCN(C(=O)c2ccc(NC(=O)c3cc4c(cc3F)NC(=O)CC4)cc2)CC1. The maximum Gasteiger partial charge on any atom is 0.258 e. The number of carbonyl (C=O) groups excluding carboxylic acids is 3. The molecule has 7 nitrogen and oxygen atoms in total. The Morgan fingerprint density at radius 3 is 2.45 bits per heavy atom. The van der Waals surface area contributed by atoms with Crippen LogP contribution in [0.4, 0.5) is 15.8 Å². The summed E-state index contributed by atoms with van der Waals surface area (Å²) >= 11 is 0. The van der Waals surface area contributed by atoms with Crippen LogP contribution in [0.5, 0.6) is 0 Å². The van der Waals surface area contributed by atoms with Crippen LogP contribution in [0.15, 0.2) is 36.4 Å². The Morgan fingerprint density at radius 1 is 1.06 bits per heavy atom. The summed E-state index contributed by atoms with van der Waals surface area (Å²) in [6, 6.07) is 9.29. The predicted molar refractivity (Wildman–Crippen MR) is 116 cm³/mol. The van der Waals surface area contributed by atoms with Gasteiger partial charge in [0.2, 0.25) is 5.91 Å². The molecular weight excluding hydrogens is 399 g/mol. The molecule has 8 heteroatoms. The molecule has 0 radical (unpaired) electrons. The van der Waals surface area contributed by atoms with Gasteiger partial charge in [-0.3, -0.25) is 14.4 Å². The van der Waals surface area contributed by atoms with E-state index in [1.54, 1.807) is 24.3 Å². The molecule has 2 heterocycles. The van der Waals surface area contributed by atoms with Crippen LogP contribution in [0, 0.1) is 5.82 Å². The summed E-state index contributed by atoms with van der Waals surface area (Å²) in [5.41, 5.74) is 2.09. The first-order chi connectivity index (χ1) is 14.9. The first-order valence-corrected chi connectivity index (χ1v) is 10.5. The number of fused-ring (bicyclic) bond motifs is 1. The van der Waals surface area contributed by atoms with Crippen LogP contribution in [-0.4, -0.2) is 60.2 Å². The fourth-order valence-corrected chi connectivity index (χ4v) is 3.92. The second kappa shape index (κ2) is 8.85. The monoisotopic (exact) mass is 424 g/mol. The fraction of sp³-hybridized carbons (Fsp3) is 0.348. The van der Waals surface area contributed by atoms with E-state index in [2.05, 4.69) is 22.5 Å². The Morgan fingerprint density at radius 2 is 1.77 bits per heavy atom. The number of piperazine rings is 1. The molecule has 4 rings (SSSR count). The van der Waals surface area contributed by atoms with Crippen molar-refractivity contribution in [3.8, 4) is 0 Å². The minimum absolute atomic E-state index is 0.0311. The van der Waals surface area contributed by atoms with E-state index in [1.807, 2.05) is 4.90 Å². The molecule has 0 bridgehead atoms. The molecule has 31 heavy (non-hydrogen) atoms. The minimum atomic E-state index is -0.698. The van der Waals surface area contributed by atoms with Gasteiger partial charge in [-0.25, -0.2) is 4.39 Å². The number of likely N-dealkylation sites (N-methyl/N-ethyl adjacent to an activating group) is 1. The van der Waals surface area contributed by atoms with Gasteiger partial charge in [-0.15, -0.1) is 0 Å². The van der Waals surface area contributed by atoms with Crippen LogP contribution in [0.2, 0.25) is 0 Å². The molecule has 0 saturated carbocycles. The number of nitrogens with zero attached hydrogens (tertiary/aromatic N) is 2. The molecule has 3 amide bonds. The molecule has 2 aromatic rings. The van der Waals surface area contributed by atoms with Crippen LogP contribution in [0.3, 0.4) is 0 Å². The highest BCUT2D eigenvalue weighted by Crippen LogP contribution is 2.26. The van der Waals surface area contributed by atoms with Crippen LogP contribution >= 0.6 is 0 Å². The average molecular weight is 424 g/mol. The first kappa shape index (κ1) is 21.0. The Balaban J connectivity index is 1.42.